The summed E-state index contributed by atoms with van der Waals surface area (Å²) >= 11 is 2.95. The Morgan fingerprint density at radius 3 is 2.65 bits per heavy atom. The highest BCUT2D eigenvalue weighted by Gasteiger charge is 2.27. The maximum absolute atomic E-state index is 13.3. The summed E-state index contributed by atoms with van der Waals surface area (Å²) in [6.07, 6.45) is 0. The summed E-state index contributed by atoms with van der Waals surface area (Å²) < 4.78 is 0.793. The normalized spacial score (nSPS) is 13.6. The molecule has 3 aromatic carbocycles. The van der Waals surface area contributed by atoms with Gasteiger partial charge in [-0.3, -0.25) is 14.9 Å². The first-order valence-electron chi connectivity index (χ1n) is 9.58. The van der Waals surface area contributed by atoms with Crippen LogP contribution >= 0.6 is 23.5 Å². The van der Waals surface area contributed by atoms with Crippen molar-refractivity contribution in [2.24, 2.45) is 4.99 Å². The first-order chi connectivity index (χ1) is 15.0. The third-order valence-corrected chi connectivity index (χ3v) is 7.17. The Labute approximate surface area is 188 Å². The van der Waals surface area contributed by atoms with Gasteiger partial charge in [0.05, 0.1) is 10.6 Å². The molecule has 1 N–H and O–H groups in total. The number of para-hydroxylation sites is 1. The van der Waals surface area contributed by atoms with Gasteiger partial charge < -0.3 is 5.32 Å². The number of nitro benzene ring substituents is 1. The fourth-order valence-electron chi connectivity index (χ4n) is 3.17. The first kappa shape index (κ1) is 21.1. The number of carbonyl (C=O) groups excluding carboxylic acids is 1. The van der Waals surface area contributed by atoms with Crippen LogP contribution in [0.2, 0.25) is 0 Å². The average Bonchev–Trinajstić information content (AvgIpc) is 2.79. The van der Waals surface area contributed by atoms with E-state index in [9.17, 15) is 14.9 Å². The van der Waals surface area contributed by atoms with Gasteiger partial charge in [-0.05, 0) is 35.7 Å². The van der Waals surface area contributed by atoms with Gasteiger partial charge in [0.1, 0.15) is 15.3 Å². The predicted molar refractivity (Wildman–Crippen MR) is 128 cm³/mol. The molecule has 0 bridgehead atoms. The van der Waals surface area contributed by atoms with Crippen molar-refractivity contribution < 1.29 is 9.72 Å². The van der Waals surface area contributed by atoms with E-state index in [1.165, 1.54) is 17.8 Å². The standard InChI is InChI=1S/C23H19N3O3S2/c1-15-11-12-19(20(13-15)26(28)29)24-22(27)21(16-7-3-2-4-8-16)31-23-25-18-10-6-5-9-17(18)14-30-23/h2-13,21H,14H2,1H3,(H,24,27). The number of fused-ring (bicyclic) bond motifs is 1. The van der Waals surface area contributed by atoms with Crippen LogP contribution in [0.1, 0.15) is 21.9 Å². The molecule has 6 nitrogen and oxygen atoms in total. The van der Waals surface area contributed by atoms with E-state index in [1.807, 2.05) is 54.6 Å². The van der Waals surface area contributed by atoms with Gasteiger partial charge in [0, 0.05) is 11.8 Å². The SMILES string of the molecule is Cc1ccc(NC(=O)C(SC2=Nc3ccccc3CS2)c2ccccc2)c([N+](=O)[O-])c1. The Hall–Kier alpha value is -3.10. The highest BCUT2D eigenvalue weighted by Crippen LogP contribution is 2.41. The van der Waals surface area contributed by atoms with E-state index in [-0.39, 0.29) is 17.3 Å². The molecule has 1 heterocycles. The number of aryl methyl sites for hydroxylation is 1. The Balaban J connectivity index is 1.63. The van der Waals surface area contributed by atoms with Crippen LogP contribution < -0.4 is 5.32 Å². The van der Waals surface area contributed by atoms with Crippen LogP contribution in [-0.4, -0.2) is 15.2 Å². The van der Waals surface area contributed by atoms with Gasteiger partial charge in [0.2, 0.25) is 5.91 Å². The number of nitrogens with zero attached hydrogens (tertiary/aromatic N) is 2. The maximum Gasteiger partial charge on any atom is 0.293 e. The number of aliphatic imine (C=N–C) groups is 1. The van der Waals surface area contributed by atoms with Gasteiger partial charge >= 0.3 is 0 Å². The zero-order valence-corrected chi connectivity index (χ0v) is 18.3. The van der Waals surface area contributed by atoms with Gasteiger partial charge in [-0.15, -0.1) is 0 Å². The number of anilines is 1. The maximum atomic E-state index is 13.3. The van der Waals surface area contributed by atoms with Crippen LogP contribution in [0.15, 0.2) is 77.8 Å². The van der Waals surface area contributed by atoms with Gasteiger partial charge in [-0.1, -0.05) is 78.1 Å². The molecular formula is C23H19N3O3S2. The Kier molecular flexibility index (Phi) is 6.39. The lowest BCUT2D eigenvalue weighted by atomic mass is 10.1. The van der Waals surface area contributed by atoms with Crippen molar-refractivity contribution in [1.29, 1.82) is 0 Å². The minimum Gasteiger partial charge on any atom is -0.319 e. The van der Waals surface area contributed by atoms with Gasteiger partial charge in [-0.2, -0.15) is 0 Å². The lowest BCUT2D eigenvalue weighted by Crippen LogP contribution is -2.20. The van der Waals surface area contributed by atoms with Crippen LogP contribution in [-0.2, 0) is 10.5 Å². The van der Waals surface area contributed by atoms with E-state index < -0.39 is 10.2 Å². The molecule has 8 heteroatoms. The summed E-state index contributed by atoms with van der Waals surface area (Å²) in [4.78, 5) is 29.0. The van der Waals surface area contributed by atoms with Crippen molar-refractivity contribution in [1.82, 2.24) is 0 Å². The van der Waals surface area contributed by atoms with Crippen LogP contribution in [0.25, 0.3) is 0 Å². The molecule has 1 amide bonds. The average molecular weight is 450 g/mol. The molecule has 4 rings (SSSR count). The highest BCUT2D eigenvalue weighted by molar-refractivity contribution is 8.38. The van der Waals surface area contributed by atoms with Crippen LogP contribution in [0, 0.1) is 17.0 Å². The Morgan fingerprint density at radius 1 is 1.13 bits per heavy atom. The number of rotatable bonds is 5. The fraction of sp³-hybridized carbons (Fsp3) is 0.130. The van der Waals surface area contributed by atoms with Gasteiger partial charge in [0.25, 0.3) is 5.69 Å². The summed E-state index contributed by atoms with van der Waals surface area (Å²) in [6.45, 7) is 1.78. The summed E-state index contributed by atoms with van der Waals surface area (Å²) in [6, 6.07) is 22.1. The van der Waals surface area contributed by atoms with E-state index in [4.69, 9.17) is 4.99 Å². The minimum atomic E-state index is -0.599. The van der Waals surface area contributed by atoms with Gasteiger partial charge in [0.15, 0.2) is 0 Å². The molecule has 0 saturated carbocycles. The van der Waals surface area contributed by atoms with Crippen molar-refractivity contribution in [3.05, 3.63) is 99.6 Å². The third-order valence-electron chi connectivity index (χ3n) is 4.72. The number of nitro groups is 1. The van der Waals surface area contributed by atoms with E-state index in [1.54, 1.807) is 30.8 Å². The summed E-state index contributed by atoms with van der Waals surface area (Å²) in [5.41, 5.74) is 3.69. The summed E-state index contributed by atoms with van der Waals surface area (Å²) in [5.74, 6) is 0.458. The zero-order valence-electron chi connectivity index (χ0n) is 16.6. The summed E-state index contributed by atoms with van der Waals surface area (Å²) in [7, 11) is 0. The predicted octanol–water partition coefficient (Wildman–Crippen LogP) is 6.25. The van der Waals surface area contributed by atoms with Gasteiger partial charge in [-0.25, -0.2) is 4.99 Å². The second kappa shape index (κ2) is 9.36. The minimum absolute atomic E-state index is 0.122. The molecule has 0 fully saturated rings. The van der Waals surface area contributed by atoms with Crippen molar-refractivity contribution in [3.63, 3.8) is 0 Å². The van der Waals surface area contributed by atoms with E-state index in [0.29, 0.717) is 0 Å². The van der Waals surface area contributed by atoms with Crippen LogP contribution in [0.3, 0.4) is 0 Å². The molecule has 0 spiro atoms. The molecule has 0 radical (unpaired) electrons. The summed E-state index contributed by atoms with van der Waals surface area (Å²) in [5, 5.41) is 13.6. The highest BCUT2D eigenvalue weighted by atomic mass is 32.2. The number of hydrogen-bond acceptors (Lipinski definition) is 6. The lowest BCUT2D eigenvalue weighted by molar-refractivity contribution is -0.384. The first-order valence-corrected chi connectivity index (χ1v) is 11.4. The molecule has 1 aliphatic heterocycles. The number of nitrogens with one attached hydrogen (secondary N) is 1. The molecule has 3 aromatic rings. The van der Waals surface area contributed by atoms with Crippen molar-refractivity contribution in [2.45, 2.75) is 17.9 Å². The third kappa shape index (κ3) is 4.98. The van der Waals surface area contributed by atoms with Crippen LogP contribution in [0.5, 0.6) is 0 Å². The monoisotopic (exact) mass is 449 g/mol. The van der Waals surface area contributed by atoms with Crippen LogP contribution in [0.4, 0.5) is 17.1 Å². The number of carbonyl (C=O) groups is 1. The molecule has 1 aliphatic rings. The molecule has 0 saturated heterocycles. The van der Waals surface area contributed by atoms with Crippen molar-refractivity contribution >= 4 is 50.9 Å². The van der Waals surface area contributed by atoms with Crippen molar-refractivity contribution in [2.75, 3.05) is 5.32 Å². The number of hydrogen-bond donors (Lipinski definition) is 1. The van der Waals surface area contributed by atoms with E-state index in [2.05, 4.69) is 5.32 Å². The molecule has 0 aromatic heterocycles. The molecule has 1 unspecified atom stereocenters. The smallest absolute Gasteiger partial charge is 0.293 e. The topological polar surface area (TPSA) is 84.6 Å². The molecular weight excluding hydrogens is 430 g/mol. The van der Waals surface area contributed by atoms with E-state index >= 15 is 0 Å². The quantitative estimate of drug-likeness (QED) is 0.367. The number of benzene rings is 3. The second-order valence-corrected chi connectivity index (χ2v) is 9.29. The molecule has 31 heavy (non-hydrogen) atoms. The zero-order chi connectivity index (χ0) is 21.8. The molecule has 0 aliphatic carbocycles. The number of thioether (sulfide) groups is 2. The molecule has 1 atom stereocenters. The fourth-order valence-corrected chi connectivity index (χ4v) is 5.41. The largest absolute Gasteiger partial charge is 0.319 e. The second-order valence-electron chi connectivity index (χ2n) is 6.97. The number of amides is 1. The van der Waals surface area contributed by atoms with E-state index in [0.717, 1.165) is 32.5 Å². The molecule has 156 valence electrons. The Bertz CT molecular complexity index is 1170. The van der Waals surface area contributed by atoms with Crippen molar-refractivity contribution in [3.8, 4) is 0 Å². The lowest BCUT2D eigenvalue weighted by Gasteiger charge is -2.20. The Morgan fingerprint density at radius 2 is 1.87 bits per heavy atom.